The van der Waals surface area contributed by atoms with Crippen LogP contribution >= 0.6 is 0 Å². The molecule has 148 valence electrons. The predicted octanol–water partition coefficient (Wildman–Crippen LogP) is 4.20. The molecular weight excluding hydrogens is 350 g/mol. The van der Waals surface area contributed by atoms with E-state index in [4.69, 9.17) is 9.47 Å². The highest BCUT2D eigenvalue weighted by atomic mass is 16.5. The van der Waals surface area contributed by atoms with Crippen molar-refractivity contribution < 1.29 is 9.47 Å². The average molecular weight is 380 g/mol. The van der Waals surface area contributed by atoms with Crippen LogP contribution in [-0.2, 0) is 6.54 Å². The van der Waals surface area contributed by atoms with Crippen molar-refractivity contribution >= 4 is 5.96 Å². The predicted molar refractivity (Wildman–Crippen MR) is 112 cm³/mol. The Hall–Kier alpha value is -2.69. The van der Waals surface area contributed by atoms with Gasteiger partial charge in [0.05, 0.1) is 13.2 Å². The first-order chi connectivity index (χ1) is 13.7. The van der Waals surface area contributed by atoms with E-state index in [-0.39, 0.29) is 11.6 Å². The fraction of sp³-hybridized carbons (Fsp3) is 0.435. The van der Waals surface area contributed by atoms with E-state index in [9.17, 15) is 0 Å². The number of fused-ring (bicyclic) bond motifs is 1. The second kappa shape index (κ2) is 8.13. The van der Waals surface area contributed by atoms with Crippen molar-refractivity contribution in [2.24, 2.45) is 4.99 Å². The van der Waals surface area contributed by atoms with Gasteiger partial charge in [0.15, 0.2) is 5.96 Å². The third-order valence-electron chi connectivity index (χ3n) is 5.84. The van der Waals surface area contributed by atoms with Crippen molar-refractivity contribution in [1.29, 1.82) is 0 Å². The minimum Gasteiger partial charge on any atom is -0.497 e. The molecule has 1 aliphatic carbocycles. The molecule has 1 aliphatic heterocycles. The van der Waals surface area contributed by atoms with Gasteiger partial charge in [-0.25, -0.2) is 0 Å². The number of hydrogen-bond donors (Lipinski definition) is 2. The van der Waals surface area contributed by atoms with Gasteiger partial charge in [0, 0.05) is 25.6 Å². The Kier molecular flexibility index (Phi) is 5.42. The molecule has 28 heavy (non-hydrogen) atoms. The Balaban J connectivity index is 1.48. The topological polar surface area (TPSA) is 54.9 Å². The molecule has 5 nitrogen and oxygen atoms in total. The number of nitrogens with zero attached hydrogens (tertiary/aromatic N) is 1. The molecule has 5 heteroatoms. The summed E-state index contributed by atoms with van der Waals surface area (Å²) in [5, 5.41) is 7.08. The Morgan fingerprint density at radius 3 is 2.79 bits per heavy atom. The minimum atomic E-state index is -0.0301. The summed E-state index contributed by atoms with van der Waals surface area (Å²) in [5.41, 5.74) is 2.34. The number of benzene rings is 2. The zero-order valence-corrected chi connectivity index (χ0v) is 16.7. The second-order valence-corrected chi connectivity index (χ2v) is 7.71. The van der Waals surface area contributed by atoms with E-state index in [2.05, 4.69) is 46.0 Å². The fourth-order valence-electron chi connectivity index (χ4n) is 4.40. The summed E-state index contributed by atoms with van der Waals surface area (Å²) in [5.74, 6) is 2.68. The third-order valence-corrected chi connectivity index (χ3v) is 5.84. The van der Waals surface area contributed by atoms with Crippen molar-refractivity contribution in [3.8, 4) is 11.5 Å². The molecule has 0 amide bonds. The Morgan fingerprint density at radius 2 is 2.00 bits per heavy atom. The molecule has 0 bridgehead atoms. The molecule has 1 heterocycles. The molecule has 1 atom stereocenters. The molecule has 0 aromatic heterocycles. The van der Waals surface area contributed by atoms with Gasteiger partial charge in [0.2, 0.25) is 0 Å². The van der Waals surface area contributed by atoms with Gasteiger partial charge in [0.1, 0.15) is 17.1 Å². The van der Waals surface area contributed by atoms with Crippen LogP contribution < -0.4 is 20.1 Å². The van der Waals surface area contributed by atoms with E-state index >= 15 is 0 Å². The van der Waals surface area contributed by atoms with Crippen molar-refractivity contribution in [3.63, 3.8) is 0 Å². The zero-order chi connectivity index (χ0) is 19.4. The molecule has 2 N–H and O–H groups in total. The number of hydrogen-bond acceptors (Lipinski definition) is 3. The lowest BCUT2D eigenvalue weighted by Gasteiger charge is -2.40. The summed E-state index contributed by atoms with van der Waals surface area (Å²) in [6.45, 7) is 0.687. The lowest BCUT2D eigenvalue weighted by molar-refractivity contribution is 0.0396. The standard InChI is InChI=1S/C23H29N3O2/c1-24-22(25-16-17-8-7-9-18(14-17)27-2)26-20-15-23(12-5-6-13-23)28-21-11-4-3-10-19(20)21/h3-4,7-11,14,20H,5-6,12-13,15-16H2,1-2H3,(H2,24,25,26). The van der Waals surface area contributed by atoms with E-state index < -0.39 is 0 Å². The van der Waals surface area contributed by atoms with Gasteiger partial charge < -0.3 is 20.1 Å². The maximum Gasteiger partial charge on any atom is 0.191 e. The van der Waals surface area contributed by atoms with E-state index in [1.807, 2.05) is 25.2 Å². The summed E-state index contributed by atoms with van der Waals surface area (Å²) >= 11 is 0. The first kappa shape index (κ1) is 18.7. The molecule has 2 aliphatic rings. The molecule has 1 fully saturated rings. The van der Waals surface area contributed by atoms with Crippen molar-refractivity contribution in [3.05, 3.63) is 59.7 Å². The number of rotatable bonds is 4. The summed E-state index contributed by atoms with van der Waals surface area (Å²) < 4.78 is 11.8. The van der Waals surface area contributed by atoms with Gasteiger partial charge in [0.25, 0.3) is 0 Å². The van der Waals surface area contributed by atoms with E-state index in [0.717, 1.165) is 42.3 Å². The maximum atomic E-state index is 6.47. The van der Waals surface area contributed by atoms with E-state index in [1.165, 1.54) is 18.4 Å². The van der Waals surface area contributed by atoms with Gasteiger partial charge in [-0.05, 0) is 49.4 Å². The number of nitrogens with one attached hydrogen (secondary N) is 2. The van der Waals surface area contributed by atoms with Crippen LogP contribution in [0.4, 0.5) is 0 Å². The SMILES string of the molecule is CN=C(NCc1cccc(OC)c1)NC1CC2(CCCC2)Oc2ccccc21. The van der Waals surface area contributed by atoms with Crippen molar-refractivity contribution in [1.82, 2.24) is 10.6 Å². The van der Waals surface area contributed by atoms with Gasteiger partial charge in [-0.3, -0.25) is 4.99 Å². The van der Waals surface area contributed by atoms with Crippen LogP contribution in [0.5, 0.6) is 11.5 Å². The lowest BCUT2D eigenvalue weighted by Crippen LogP contribution is -2.46. The molecule has 0 radical (unpaired) electrons. The van der Waals surface area contributed by atoms with Crippen LogP contribution in [0.3, 0.4) is 0 Å². The number of ether oxygens (including phenoxy) is 2. The molecule has 1 unspecified atom stereocenters. The smallest absolute Gasteiger partial charge is 0.191 e. The van der Waals surface area contributed by atoms with Gasteiger partial charge in [-0.2, -0.15) is 0 Å². The Labute approximate surface area is 167 Å². The van der Waals surface area contributed by atoms with Gasteiger partial charge in [-0.15, -0.1) is 0 Å². The first-order valence-electron chi connectivity index (χ1n) is 10.1. The van der Waals surface area contributed by atoms with Gasteiger partial charge >= 0.3 is 0 Å². The van der Waals surface area contributed by atoms with E-state index in [1.54, 1.807) is 7.11 Å². The lowest BCUT2D eigenvalue weighted by atomic mass is 9.86. The third kappa shape index (κ3) is 3.93. The number of methoxy groups -OCH3 is 1. The largest absolute Gasteiger partial charge is 0.497 e. The number of guanidine groups is 1. The maximum absolute atomic E-state index is 6.47. The molecule has 2 aromatic rings. The van der Waals surface area contributed by atoms with Crippen LogP contribution in [0.1, 0.15) is 49.3 Å². The van der Waals surface area contributed by atoms with Gasteiger partial charge in [-0.1, -0.05) is 30.3 Å². The van der Waals surface area contributed by atoms with Crippen molar-refractivity contribution in [2.45, 2.75) is 50.3 Å². The highest BCUT2D eigenvalue weighted by Gasteiger charge is 2.43. The average Bonchev–Trinajstić information content (AvgIpc) is 3.18. The molecule has 1 saturated carbocycles. The summed E-state index contributed by atoms with van der Waals surface area (Å²) in [6, 6.07) is 16.7. The van der Waals surface area contributed by atoms with Crippen LogP contribution in [0.2, 0.25) is 0 Å². The summed E-state index contributed by atoms with van der Waals surface area (Å²) in [4.78, 5) is 4.45. The molecular formula is C23H29N3O2. The van der Waals surface area contributed by atoms with Crippen molar-refractivity contribution in [2.75, 3.05) is 14.2 Å². The first-order valence-corrected chi connectivity index (χ1v) is 10.1. The molecule has 1 spiro atoms. The van der Waals surface area contributed by atoms with Crippen LogP contribution in [0.25, 0.3) is 0 Å². The number of aliphatic imine (C=N–C) groups is 1. The monoisotopic (exact) mass is 379 g/mol. The zero-order valence-electron chi connectivity index (χ0n) is 16.7. The highest BCUT2D eigenvalue weighted by molar-refractivity contribution is 5.80. The molecule has 2 aromatic carbocycles. The summed E-state index contributed by atoms with van der Waals surface area (Å²) in [7, 11) is 3.51. The minimum absolute atomic E-state index is 0.0301. The second-order valence-electron chi connectivity index (χ2n) is 7.71. The molecule has 4 rings (SSSR count). The fourth-order valence-corrected chi connectivity index (χ4v) is 4.40. The number of para-hydroxylation sites is 1. The summed E-state index contributed by atoms with van der Waals surface area (Å²) in [6.07, 6.45) is 5.74. The highest BCUT2D eigenvalue weighted by Crippen LogP contribution is 2.46. The normalized spacial score (nSPS) is 20.4. The van der Waals surface area contributed by atoms with E-state index in [0.29, 0.717) is 6.54 Å². The molecule has 0 saturated heterocycles. The van der Waals surface area contributed by atoms with Crippen LogP contribution in [-0.4, -0.2) is 25.7 Å². The Morgan fingerprint density at radius 1 is 1.18 bits per heavy atom. The van der Waals surface area contributed by atoms with Crippen LogP contribution in [0, 0.1) is 0 Å². The quantitative estimate of drug-likeness (QED) is 0.618. The van der Waals surface area contributed by atoms with Crippen LogP contribution in [0.15, 0.2) is 53.5 Å². The Bertz CT molecular complexity index is 843.